The molecule has 0 bridgehead atoms. The highest BCUT2D eigenvalue weighted by atomic mass is 32.2. The molecule has 17 heavy (non-hydrogen) atoms. The Morgan fingerprint density at radius 2 is 1.94 bits per heavy atom. The van der Waals surface area contributed by atoms with Crippen molar-refractivity contribution in [1.29, 1.82) is 0 Å². The molecule has 0 atom stereocenters. The fourth-order valence-electron chi connectivity index (χ4n) is 1.14. The van der Waals surface area contributed by atoms with Gasteiger partial charge in [-0.3, -0.25) is 4.79 Å². The maximum atomic E-state index is 11.4. The van der Waals surface area contributed by atoms with Crippen molar-refractivity contribution in [2.24, 2.45) is 5.92 Å². The molecule has 0 spiro atoms. The van der Waals surface area contributed by atoms with Crippen molar-refractivity contribution in [3.05, 3.63) is 0 Å². The first-order chi connectivity index (χ1) is 7.87. The van der Waals surface area contributed by atoms with Gasteiger partial charge in [0, 0.05) is 6.54 Å². The lowest BCUT2D eigenvalue weighted by atomic mass is 10.1. The van der Waals surface area contributed by atoms with E-state index in [0.29, 0.717) is 18.9 Å². The molecule has 102 valence electrons. The van der Waals surface area contributed by atoms with Gasteiger partial charge >= 0.3 is 0 Å². The van der Waals surface area contributed by atoms with Crippen LogP contribution in [0, 0.1) is 5.92 Å². The first kappa shape index (κ1) is 16.4. The van der Waals surface area contributed by atoms with Crippen LogP contribution in [0.25, 0.3) is 0 Å². The summed E-state index contributed by atoms with van der Waals surface area (Å²) < 4.78 is 25.1. The maximum absolute atomic E-state index is 11.4. The Balaban J connectivity index is 3.76. The average Bonchev–Trinajstić information content (AvgIpc) is 2.23. The normalized spacial score (nSPS) is 11.8. The van der Waals surface area contributed by atoms with Crippen molar-refractivity contribution in [2.45, 2.75) is 40.0 Å². The van der Waals surface area contributed by atoms with Crippen LogP contribution in [0.15, 0.2) is 0 Å². The van der Waals surface area contributed by atoms with E-state index in [1.165, 1.54) is 0 Å². The van der Waals surface area contributed by atoms with Crippen LogP contribution in [-0.2, 0) is 14.8 Å². The number of unbranched alkanes of at least 4 members (excludes halogenated alkanes) is 1. The van der Waals surface area contributed by atoms with Gasteiger partial charge < -0.3 is 5.32 Å². The van der Waals surface area contributed by atoms with E-state index in [1.54, 1.807) is 0 Å². The second-order valence-electron chi connectivity index (χ2n) is 4.53. The summed E-state index contributed by atoms with van der Waals surface area (Å²) >= 11 is 0. The Morgan fingerprint density at radius 3 is 2.47 bits per heavy atom. The van der Waals surface area contributed by atoms with Crippen LogP contribution in [0.5, 0.6) is 0 Å². The van der Waals surface area contributed by atoms with Crippen LogP contribution in [0.2, 0.25) is 0 Å². The Labute approximate surface area is 104 Å². The van der Waals surface area contributed by atoms with Crippen molar-refractivity contribution in [2.75, 3.05) is 18.8 Å². The van der Waals surface area contributed by atoms with E-state index in [2.05, 4.69) is 23.9 Å². The number of carbonyl (C=O) groups is 1. The third-order valence-corrected chi connectivity index (χ3v) is 3.67. The molecule has 0 unspecified atom stereocenters. The smallest absolute Gasteiger partial charge is 0.235 e. The average molecular weight is 264 g/mol. The van der Waals surface area contributed by atoms with Crippen molar-refractivity contribution >= 4 is 15.9 Å². The van der Waals surface area contributed by atoms with Gasteiger partial charge in [0.25, 0.3) is 0 Å². The molecule has 0 radical (unpaired) electrons. The molecule has 2 N–H and O–H groups in total. The van der Waals surface area contributed by atoms with Crippen LogP contribution in [-0.4, -0.2) is 33.2 Å². The summed E-state index contributed by atoms with van der Waals surface area (Å²) in [7, 11) is -3.29. The third-order valence-electron chi connectivity index (χ3n) is 2.26. The SMILES string of the molecule is CCCCS(=O)(=O)NCC(=O)NCCC(C)C. The van der Waals surface area contributed by atoms with E-state index < -0.39 is 10.0 Å². The molecular formula is C11H24N2O3S. The van der Waals surface area contributed by atoms with Gasteiger partial charge in [0.15, 0.2) is 0 Å². The van der Waals surface area contributed by atoms with Gasteiger partial charge in [-0.15, -0.1) is 0 Å². The summed E-state index contributed by atoms with van der Waals surface area (Å²) in [5.74, 6) is 0.338. The minimum atomic E-state index is -3.29. The maximum Gasteiger partial charge on any atom is 0.235 e. The summed E-state index contributed by atoms with van der Waals surface area (Å²) in [5, 5.41) is 2.68. The molecule has 0 saturated carbocycles. The predicted octanol–water partition coefficient (Wildman–Crippen LogP) is 0.868. The number of rotatable bonds is 9. The van der Waals surface area contributed by atoms with Gasteiger partial charge in [-0.2, -0.15) is 0 Å². The Morgan fingerprint density at radius 1 is 1.29 bits per heavy atom. The second kappa shape index (κ2) is 8.47. The number of hydrogen-bond acceptors (Lipinski definition) is 3. The molecule has 0 aliphatic heterocycles. The lowest BCUT2D eigenvalue weighted by Gasteiger charge is -2.08. The fraction of sp³-hybridized carbons (Fsp3) is 0.909. The van der Waals surface area contributed by atoms with E-state index >= 15 is 0 Å². The van der Waals surface area contributed by atoms with E-state index in [4.69, 9.17) is 0 Å². The Bertz CT molecular complexity index is 313. The van der Waals surface area contributed by atoms with Crippen LogP contribution >= 0.6 is 0 Å². The van der Waals surface area contributed by atoms with Gasteiger partial charge in [0.05, 0.1) is 12.3 Å². The molecule has 0 aromatic carbocycles. The number of hydrogen-bond donors (Lipinski definition) is 2. The lowest BCUT2D eigenvalue weighted by Crippen LogP contribution is -2.38. The monoisotopic (exact) mass is 264 g/mol. The molecule has 0 aromatic heterocycles. The van der Waals surface area contributed by atoms with Crippen molar-refractivity contribution in [3.8, 4) is 0 Å². The zero-order valence-electron chi connectivity index (χ0n) is 11.0. The molecule has 0 aromatic rings. The van der Waals surface area contributed by atoms with Crippen LogP contribution in [0.1, 0.15) is 40.0 Å². The van der Waals surface area contributed by atoms with Crippen molar-refractivity contribution in [1.82, 2.24) is 10.0 Å². The molecule has 0 fully saturated rings. The van der Waals surface area contributed by atoms with E-state index in [1.807, 2.05) is 6.92 Å². The van der Waals surface area contributed by atoms with Crippen LogP contribution < -0.4 is 10.0 Å². The molecule has 0 saturated heterocycles. The first-order valence-corrected chi connectivity index (χ1v) is 7.76. The molecule has 6 heteroatoms. The predicted molar refractivity (Wildman–Crippen MR) is 69.2 cm³/mol. The zero-order valence-corrected chi connectivity index (χ0v) is 11.8. The minimum Gasteiger partial charge on any atom is -0.355 e. The molecule has 1 amide bonds. The molecule has 0 heterocycles. The summed E-state index contributed by atoms with van der Waals surface area (Å²) in [6.45, 7) is 6.49. The van der Waals surface area contributed by atoms with Gasteiger partial charge in [-0.25, -0.2) is 13.1 Å². The fourth-order valence-corrected chi connectivity index (χ4v) is 2.31. The summed E-state index contributed by atoms with van der Waals surface area (Å²) in [5.41, 5.74) is 0. The summed E-state index contributed by atoms with van der Waals surface area (Å²) in [6, 6.07) is 0. The van der Waals surface area contributed by atoms with Gasteiger partial charge in [0.2, 0.25) is 15.9 Å². The first-order valence-electron chi connectivity index (χ1n) is 6.11. The van der Waals surface area contributed by atoms with E-state index in [9.17, 15) is 13.2 Å². The molecule has 5 nitrogen and oxygen atoms in total. The Hall–Kier alpha value is -0.620. The highest BCUT2D eigenvalue weighted by Crippen LogP contribution is 1.96. The van der Waals surface area contributed by atoms with E-state index in [0.717, 1.165) is 12.8 Å². The van der Waals surface area contributed by atoms with Gasteiger partial charge in [-0.1, -0.05) is 27.2 Å². The molecule has 0 rings (SSSR count). The zero-order chi connectivity index (χ0) is 13.3. The number of sulfonamides is 1. The molecule has 0 aliphatic rings. The topological polar surface area (TPSA) is 75.3 Å². The number of carbonyl (C=O) groups excluding carboxylic acids is 1. The standard InChI is InChI=1S/C11H24N2O3S/c1-4-5-8-17(15,16)13-9-11(14)12-7-6-10(2)3/h10,13H,4-9H2,1-3H3,(H,12,14). The Kier molecular flexibility index (Phi) is 8.16. The highest BCUT2D eigenvalue weighted by Gasteiger charge is 2.11. The van der Waals surface area contributed by atoms with E-state index in [-0.39, 0.29) is 18.2 Å². The number of nitrogens with one attached hydrogen (secondary N) is 2. The highest BCUT2D eigenvalue weighted by molar-refractivity contribution is 7.89. The van der Waals surface area contributed by atoms with Gasteiger partial charge in [-0.05, 0) is 18.8 Å². The second-order valence-corrected chi connectivity index (χ2v) is 6.45. The minimum absolute atomic E-state index is 0.0861. The lowest BCUT2D eigenvalue weighted by molar-refractivity contribution is -0.119. The molecular weight excluding hydrogens is 240 g/mol. The van der Waals surface area contributed by atoms with Crippen molar-refractivity contribution < 1.29 is 13.2 Å². The quantitative estimate of drug-likeness (QED) is 0.649. The molecule has 0 aliphatic carbocycles. The van der Waals surface area contributed by atoms with Crippen molar-refractivity contribution in [3.63, 3.8) is 0 Å². The van der Waals surface area contributed by atoms with Gasteiger partial charge in [0.1, 0.15) is 0 Å². The van der Waals surface area contributed by atoms with Crippen LogP contribution in [0.4, 0.5) is 0 Å². The summed E-state index contributed by atoms with van der Waals surface area (Å²) in [6.07, 6.45) is 2.33. The summed E-state index contributed by atoms with van der Waals surface area (Å²) in [4.78, 5) is 11.3. The largest absolute Gasteiger partial charge is 0.355 e. The number of amides is 1. The van der Waals surface area contributed by atoms with Crippen LogP contribution in [0.3, 0.4) is 0 Å². The third kappa shape index (κ3) is 10.3.